The van der Waals surface area contributed by atoms with E-state index < -0.39 is 17.5 Å². The first-order valence-corrected chi connectivity index (χ1v) is 9.60. The average molecular weight is 424 g/mol. The van der Waals surface area contributed by atoms with Crippen LogP contribution in [-0.4, -0.2) is 27.5 Å². The molecule has 1 aromatic heterocycles. The van der Waals surface area contributed by atoms with Gasteiger partial charge in [-0.05, 0) is 42.8 Å². The van der Waals surface area contributed by atoms with Crippen molar-refractivity contribution in [3.63, 3.8) is 0 Å². The predicted octanol–water partition coefficient (Wildman–Crippen LogP) is 3.66. The summed E-state index contributed by atoms with van der Waals surface area (Å²) in [6, 6.07) is 9.32. The number of halogens is 2. The number of anilines is 2. The third-order valence-electron chi connectivity index (χ3n) is 4.92. The lowest BCUT2D eigenvalue weighted by Crippen LogP contribution is -2.40. The molecule has 0 aliphatic carbocycles. The van der Waals surface area contributed by atoms with Crippen LogP contribution in [-0.2, 0) is 16.6 Å². The molecule has 2 aromatic carbocycles. The average Bonchev–Trinajstić information content (AvgIpc) is 3.10. The lowest BCUT2D eigenvalue weighted by Gasteiger charge is -2.24. The number of piperidine rings is 1. The van der Waals surface area contributed by atoms with Crippen molar-refractivity contribution < 1.29 is 23.2 Å². The zero-order valence-corrected chi connectivity index (χ0v) is 16.6. The van der Waals surface area contributed by atoms with Crippen molar-refractivity contribution in [2.24, 2.45) is 7.05 Å². The maximum absolute atomic E-state index is 14.2. The van der Waals surface area contributed by atoms with E-state index in [9.17, 15) is 23.2 Å². The predicted molar refractivity (Wildman–Crippen MR) is 109 cm³/mol. The maximum atomic E-state index is 14.2. The number of carbonyl (C=O) groups is 3. The number of imide groups is 1. The monoisotopic (exact) mass is 424 g/mol. The molecule has 0 bridgehead atoms. The Morgan fingerprint density at radius 2 is 1.71 bits per heavy atom. The molecule has 3 aromatic rings. The summed E-state index contributed by atoms with van der Waals surface area (Å²) in [6.07, 6.45) is 2.61. The van der Waals surface area contributed by atoms with Gasteiger partial charge < -0.3 is 5.32 Å². The second kappa shape index (κ2) is 8.10. The van der Waals surface area contributed by atoms with E-state index in [-0.39, 0.29) is 28.6 Å². The van der Waals surface area contributed by atoms with Crippen molar-refractivity contribution in [3.8, 4) is 11.3 Å². The third kappa shape index (κ3) is 4.07. The van der Waals surface area contributed by atoms with E-state index in [0.29, 0.717) is 30.6 Å². The van der Waals surface area contributed by atoms with Crippen LogP contribution in [0.25, 0.3) is 11.3 Å². The molecule has 4 rings (SSSR count). The van der Waals surface area contributed by atoms with E-state index in [2.05, 4.69) is 10.4 Å². The Labute approximate surface area is 176 Å². The van der Waals surface area contributed by atoms with Crippen LogP contribution < -0.4 is 10.2 Å². The number of hydrogen-bond acceptors (Lipinski definition) is 4. The quantitative estimate of drug-likeness (QED) is 0.648. The van der Waals surface area contributed by atoms with E-state index in [0.717, 1.165) is 17.0 Å². The number of rotatable bonds is 4. The van der Waals surface area contributed by atoms with Gasteiger partial charge in [-0.2, -0.15) is 5.10 Å². The molecule has 1 saturated heterocycles. The highest BCUT2D eigenvalue weighted by atomic mass is 19.1. The Balaban J connectivity index is 1.57. The van der Waals surface area contributed by atoms with Crippen molar-refractivity contribution in [1.29, 1.82) is 0 Å². The molecule has 1 aliphatic heterocycles. The smallest absolute Gasteiger partial charge is 0.259 e. The van der Waals surface area contributed by atoms with Gasteiger partial charge in [-0.15, -0.1) is 0 Å². The van der Waals surface area contributed by atoms with E-state index in [1.54, 1.807) is 31.3 Å². The molecule has 0 atom stereocenters. The van der Waals surface area contributed by atoms with Gasteiger partial charge in [0.05, 0.1) is 11.3 Å². The molecule has 1 N–H and O–H groups in total. The molecule has 158 valence electrons. The fourth-order valence-electron chi connectivity index (χ4n) is 3.47. The highest BCUT2D eigenvalue weighted by Gasteiger charge is 2.27. The number of nitrogens with one attached hydrogen (secondary N) is 1. The summed E-state index contributed by atoms with van der Waals surface area (Å²) in [7, 11) is 1.59. The van der Waals surface area contributed by atoms with Crippen molar-refractivity contribution in [3.05, 3.63) is 65.9 Å². The summed E-state index contributed by atoms with van der Waals surface area (Å²) in [5, 5.41) is 6.83. The molecule has 0 saturated carbocycles. The highest BCUT2D eigenvalue weighted by molar-refractivity contribution is 6.16. The van der Waals surface area contributed by atoms with Crippen LogP contribution in [0.5, 0.6) is 0 Å². The number of carbonyl (C=O) groups excluding carboxylic acids is 3. The van der Waals surface area contributed by atoms with Gasteiger partial charge in [-0.25, -0.2) is 8.78 Å². The second-order valence-corrected chi connectivity index (χ2v) is 7.17. The van der Waals surface area contributed by atoms with E-state index in [1.165, 1.54) is 16.9 Å². The first-order valence-electron chi connectivity index (χ1n) is 9.60. The number of aromatic nitrogens is 2. The molecule has 0 radical (unpaired) electrons. The van der Waals surface area contributed by atoms with Crippen molar-refractivity contribution in [2.75, 3.05) is 10.2 Å². The molecular weight excluding hydrogens is 406 g/mol. The molecular formula is C22H18F2N4O3. The molecule has 31 heavy (non-hydrogen) atoms. The van der Waals surface area contributed by atoms with Crippen molar-refractivity contribution in [2.45, 2.75) is 19.3 Å². The van der Waals surface area contributed by atoms with Crippen LogP contribution in [0.3, 0.4) is 0 Å². The van der Waals surface area contributed by atoms with Crippen LogP contribution in [0.2, 0.25) is 0 Å². The Morgan fingerprint density at radius 1 is 1.03 bits per heavy atom. The van der Waals surface area contributed by atoms with Gasteiger partial charge in [-0.1, -0.05) is 0 Å². The van der Waals surface area contributed by atoms with E-state index in [4.69, 9.17) is 0 Å². The summed E-state index contributed by atoms with van der Waals surface area (Å²) >= 11 is 0. The van der Waals surface area contributed by atoms with Crippen LogP contribution in [0, 0.1) is 11.6 Å². The molecule has 3 amide bonds. The van der Waals surface area contributed by atoms with Gasteiger partial charge in [0, 0.05) is 43.4 Å². The Kier molecular flexibility index (Phi) is 5.33. The Hall–Kier alpha value is -3.88. The van der Waals surface area contributed by atoms with Crippen LogP contribution in [0.1, 0.15) is 29.6 Å². The van der Waals surface area contributed by atoms with Gasteiger partial charge in [0.15, 0.2) is 0 Å². The fraction of sp³-hybridized carbons (Fsp3) is 0.182. The van der Waals surface area contributed by atoms with Gasteiger partial charge in [0.25, 0.3) is 5.91 Å². The second-order valence-electron chi connectivity index (χ2n) is 7.17. The molecule has 7 nitrogen and oxygen atoms in total. The number of nitrogens with zero attached hydrogens (tertiary/aromatic N) is 3. The van der Waals surface area contributed by atoms with Crippen LogP contribution >= 0.6 is 0 Å². The number of hydrogen-bond donors (Lipinski definition) is 1. The summed E-state index contributed by atoms with van der Waals surface area (Å²) in [5.41, 5.74) is 1.05. The molecule has 0 unspecified atom stereocenters. The molecule has 0 spiro atoms. The summed E-state index contributed by atoms with van der Waals surface area (Å²) in [6.45, 7) is 0. The molecule has 1 fully saturated rings. The number of amides is 3. The summed E-state index contributed by atoms with van der Waals surface area (Å²) < 4.78 is 28.8. The lowest BCUT2D eigenvalue weighted by atomic mass is 10.1. The normalized spacial score (nSPS) is 14.1. The van der Waals surface area contributed by atoms with E-state index in [1.807, 2.05) is 0 Å². The molecule has 9 heteroatoms. The minimum Gasteiger partial charge on any atom is -0.322 e. The van der Waals surface area contributed by atoms with Gasteiger partial charge in [0.2, 0.25) is 11.8 Å². The minimum atomic E-state index is -0.826. The molecule has 1 aliphatic rings. The maximum Gasteiger partial charge on any atom is 0.259 e. The summed E-state index contributed by atoms with van der Waals surface area (Å²) in [5.74, 6) is -2.60. The van der Waals surface area contributed by atoms with Crippen molar-refractivity contribution >= 4 is 29.1 Å². The topological polar surface area (TPSA) is 84.3 Å². The largest absolute Gasteiger partial charge is 0.322 e. The third-order valence-corrected chi connectivity index (χ3v) is 4.92. The zero-order chi connectivity index (χ0) is 22.1. The SMILES string of the molecule is Cn1cc(C(=O)Nc2ccc(N3C(=O)CCCC3=O)cc2)c(-c2ccc(F)cc2F)n1. The molecule has 2 heterocycles. The zero-order valence-electron chi connectivity index (χ0n) is 16.6. The Morgan fingerprint density at radius 3 is 2.35 bits per heavy atom. The Bertz CT molecular complexity index is 1170. The van der Waals surface area contributed by atoms with Crippen LogP contribution in [0.15, 0.2) is 48.7 Å². The summed E-state index contributed by atoms with van der Waals surface area (Å²) in [4.78, 5) is 38.1. The number of benzene rings is 2. The minimum absolute atomic E-state index is 0.00428. The first-order chi connectivity index (χ1) is 14.8. The number of aryl methyl sites for hydroxylation is 1. The fourth-order valence-corrected chi connectivity index (χ4v) is 3.47. The van der Waals surface area contributed by atoms with Crippen LogP contribution in [0.4, 0.5) is 20.2 Å². The lowest BCUT2D eigenvalue weighted by molar-refractivity contribution is -0.129. The van der Waals surface area contributed by atoms with Gasteiger partial charge in [-0.3, -0.25) is 24.0 Å². The standard InChI is InChI=1S/C22H18F2N4O3/c1-27-12-17(21(26-27)16-10-5-13(23)11-18(16)24)22(31)25-14-6-8-15(9-7-14)28-19(29)3-2-4-20(28)30/h5-12H,2-4H2,1H3,(H,25,31). The van der Waals surface area contributed by atoms with E-state index >= 15 is 0 Å². The van der Waals surface area contributed by atoms with Gasteiger partial charge >= 0.3 is 0 Å². The van der Waals surface area contributed by atoms with Gasteiger partial charge in [0.1, 0.15) is 17.3 Å². The van der Waals surface area contributed by atoms with Crippen molar-refractivity contribution in [1.82, 2.24) is 9.78 Å². The first kappa shape index (κ1) is 20.4. The highest BCUT2D eigenvalue weighted by Crippen LogP contribution is 2.27.